The quantitative estimate of drug-likeness (QED) is 0.692. The van der Waals surface area contributed by atoms with E-state index in [1.54, 1.807) is 6.33 Å². The lowest BCUT2D eigenvalue weighted by Crippen LogP contribution is -2.00. The highest BCUT2D eigenvalue weighted by Gasteiger charge is 2.09. The van der Waals surface area contributed by atoms with Gasteiger partial charge in [-0.3, -0.25) is 0 Å². The van der Waals surface area contributed by atoms with E-state index in [0.717, 1.165) is 0 Å². The van der Waals surface area contributed by atoms with E-state index < -0.39 is 0 Å². The van der Waals surface area contributed by atoms with Crippen LogP contribution in [0.4, 0.5) is 0 Å². The van der Waals surface area contributed by atoms with E-state index in [0.29, 0.717) is 5.92 Å². The van der Waals surface area contributed by atoms with Crippen molar-refractivity contribution in [2.45, 2.75) is 45.4 Å². The van der Waals surface area contributed by atoms with Gasteiger partial charge in [0.15, 0.2) is 0 Å². The van der Waals surface area contributed by atoms with Gasteiger partial charge in [-0.1, -0.05) is 26.7 Å². The second-order valence-corrected chi connectivity index (χ2v) is 3.41. The molecule has 2 heteroatoms. The van der Waals surface area contributed by atoms with Gasteiger partial charge < -0.3 is 0 Å². The summed E-state index contributed by atoms with van der Waals surface area (Å²) in [6.07, 6.45) is 8.42. The van der Waals surface area contributed by atoms with Crippen molar-refractivity contribution in [1.29, 1.82) is 0 Å². The van der Waals surface area contributed by atoms with Gasteiger partial charge >= 0.3 is 0 Å². The van der Waals surface area contributed by atoms with E-state index in [1.165, 1.54) is 31.4 Å². The minimum atomic E-state index is 0.637. The van der Waals surface area contributed by atoms with Gasteiger partial charge in [0.05, 0.1) is 0 Å². The number of rotatable bonds is 5. The van der Waals surface area contributed by atoms with Crippen LogP contribution in [0.2, 0.25) is 0 Å². The number of hydrogen-bond acceptors (Lipinski definition) is 2. The smallest absolute Gasteiger partial charge is 0.115 e. The molecule has 0 fully saturated rings. The molecule has 13 heavy (non-hydrogen) atoms. The first-order valence-corrected chi connectivity index (χ1v) is 5.14. The number of hydrogen-bond donors (Lipinski definition) is 0. The monoisotopic (exact) mass is 178 g/mol. The summed E-state index contributed by atoms with van der Waals surface area (Å²) in [5.74, 6) is 0.637. The first-order valence-electron chi connectivity index (χ1n) is 5.14. The van der Waals surface area contributed by atoms with Crippen molar-refractivity contribution < 1.29 is 0 Å². The molecule has 0 aliphatic carbocycles. The molecule has 1 aromatic heterocycles. The van der Waals surface area contributed by atoms with E-state index in [1.807, 2.05) is 12.3 Å². The van der Waals surface area contributed by atoms with E-state index in [2.05, 4.69) is 23.8 Å². The van der Waals surface area contributed by atoms with Crippen molar-refractivity contribution in [3.63, 3.8) is 0 Å². The molecule has 0 aliphatic heterocycles. The maximum atomic E-state index is 4.31. The van der Waals surface area contributed by atoms with Crippen molar-refractivity contribution in [2.75, 3.05) is 0 Å². The molecule has 0 N–H and O–H groups in total. The molecule has 0 radical (unpaired) electrons. The summed E-state index contributed by atoms with van der Waals surface area (Å²) in [5, 5.41) is 0. The first-order chi connectivity index (χ1) is 6.38. The molecule has 0 saturated heterocycles. The maximum absolute atomic E-state index is 4.31. The summed E-state index contributed by atoms with van der Waals surface area (Å²) in [4.78, 5) is 8.24. The molecule has 1 rings (SSSR count). The number of aromatic nitrogens is 2. The van der Waals surface area contributed by atoms with E-state index >= 15 is 0 Å². The third-order valence-corrected chi connectivity index (χ3v) is 2.30. The third-order valence-electron chi connectivity index (χ3n) is 2.30. The predicted molar refractivity (Wildman–Crippen MR) is 54.6 cm³/mol. The van der Waals surface area contributed by atoms with Crippen LogP contribution in [0.15, 0.2) is 18.6 Å². The first kappa shape index (κ1) is 10.2. The Labute approximate surface area is 80.4 Å². The molecule has 0 saturated carbocycles. The van der Waals surface area contributed by atoms with Crippen molar-refractivity contribution in [3.8, 4) is 0 Å². The van der Waals surface area contributed by atoms with Crippen LogP contribution in [-0.4, -0.2) is 9.97 Å². The second-order valence-electron chi connectivity index (χ2n) is 3.41. The Balaban J connectivity index is 2.64. The summed E-state index contributed by atoms with van der Waals surface area (Å²) in [6, 6.07) is 2.04. The highest BCUT2D eigenvalue weighted by atomic mass is 14.8. The van der Waals surface area contributed by atoms with Crippen LogP contribution >= 0.6 is 0 Å². The molecule has 0 amide bonds. The molecule has 0 bridgehead atoms. The lowest BCUT2D eigenvalue weighted by atomic mass is 9.95. The summed E-state index contributed by atoms with van der Waals surface area (Å²) >= 11 is 0. The maximum Gasteiger partial charge on any atom is 0.115 e. The van der Waals surface area contributed by atoms with Crippen molar-refractivity contribution in [3.05, 3.63) is 24.3 Å². The third kappa shape index (κ3) is 3.13. The van der Waals surface area contributed by atoms with Gasteiger partial charge in [0.1, 0.15) is 6.33 Å². The molecule has 1 aromatic rings. The zero-order valence-electron chi connectivity index (χ0n) is 8.53. The average Bonchev–Trinajstić information content (AvgIpc) is 2.19. The summed E-state index contributed by atoms with van der Waals surface area (Å²) in [6.45, 7) is 4.45. The topological polar surface area (TPSA) is 25.8 Å². The summed E-state index contributed by atoms with van der Waals surface area (Å²) < 4.78 is 0. The van der Waals surface area contributed by atoms with Gasteiger partial charge in [-0.15, -0.1) is 0 Å². The predicted octanol–water partition coefficient (Wildman–Crippen LogP) is 3.16. The Hall–Kier alpha value is -0.920. The highest BCUT2D eigenvalue weighted by molar-refractivity contribution is 5.05. The van der Waals surface area contributed by atoms with Gasteiger partial charge in [0.2, 0.25) is 0 Å². The van der Waals surface area contributed by atoms with Crippen LogP contribution < -0.4 is 0 Å². The number of nitrogens with zero attached hydrogens (tertiary/aromatic N) is 2. The SMILES string of the molecule is CCCC(CCC)c1ccncn1. The van der Waals surface area contributed by atoms with Crippen LogP contribution in [0.5, 0.6) is 0 Å². The van der Waals surface area contributed by atoms with Crippen molar-refractivity contribution in [1.82, 2.24) is 9.97 Å². The average molecular weight is 178 g/mol. The molecule has 0 spiro atoms. The fraction of sp³-hybridized carbons (Fsp3) is 0.636. The highest BCUT2D eigenvalue weighted by Crippen LogP contribution is 2.23. The molecule has 0 aliphatic rings. The fourth-order valence-corrected chi connectivity index (χ4v) is 1.68. The van der Waals surface area contributed by atoms with Crippen LogP contribution in [0, 0.1) is 0 Å². The zero-order valence-corrected chi connectivity index (χ0v) is 8.53. The lowest BCUT2D eigenvalue weighted by molar-refractivity contribution is 0.547. The molecule has 0 aromatic carbocycles. The van der Waals surface area contributed by atoms with Gasteiger partial charge in [-0.25, -0.2) is 9.97 Å². The van der Waals surface area contributed by atoms with Crippen molar-refractivity contribution >= 4 is 0 Å². The molecule has 72 valence electrons. The van der Waals surface area contributed by atoms with Crippen LogP contribution in [0.1, 0.15) is 51.1 Å². The van der Waals surface area contributed by atoms with E-state index in [4.69, 9.17) is 0 Å². The van der Waals surface area contributed by atoms with Crippen LogP contribution in [0.3, 0.4) is 0 Å². The molecular formula is C11H18N2. The summed E-state index contributed by atoms with van der Waals surface area (Å²) in [7, 11) is 0. The molecule has 2 nitrogen and oxygen atoms in total. The Kier molecular flexibility index (Phi) is 4.44. The minimum absolute atomic E-state index is 0.637. The van der Waals surface area contributed by atoms with Crippen molar-refractivity contribution in [2.24, 2.45) is 0 Å². The fourth-order valence-electron chi connectivity index (χ4n) is 1.68. The molecule has 0 unspecified atom stereocenters. The standard InChI is InChI=1S/C11H18N2/c1-3-5-10(6-4-2)11-7-8-12-9-13-11/h7-10H,3-6H2,1-2H3. The van der Waals surface area contributed by atoms with Gasteiger partial charge in [-0.05, 0) is 18.9 Å². The van der Waals surface area contributed by atoms with Gasteiger partial charge in [-0.2, -0.15) is 0 Å². The van der Waals surface area contributed by atoms with Gasteiger partial charge in [0, 0.05) is 17.8 Å². The Morgan fingerprint density at radius 3 is 2.38 bits per heavy atom. The lowest BCUT2D eigenvalue weighted by Gasteiger charge is -2.13. The van der Waals surface area contributed by atoms with E-state index in [-0.39, 0.29) is 0 Å². The van der Waals surface area contributed by atoms with Crippen LogP contribution in [-0.2, 0) is 0 Å². The molecular weight excluding hydrogens is 160 g/mol. The normalized spacial score (nSPS) is 10.7. The minimum Gasteiger partial charge on any atom is -0.245 e. The Morgan fingerprint density at radius 2 is 1.92 bits per heavy atom. The Bertz CT molecular complexity index is 215. The molecule has 1 heterocycles. The van der Waals surface area contributed by atoms with Gasteiger partial charge in [0.25, 0.3) is 0 Å². The van der Waals surface area contributed by atoms with E-state index in [9.17, 15) is 0 Å². The van der Waals surface area contributed by atoms with Crippen LogP contribution in [0.25, 0.3) is 0 Å². The Morgan fingerprint density at radius 1 is 1.23 bits per heavy atom. The molecule has 0 atom stereocenters. The summed E-state index contributed by atoms with van der Waals surface area (Å²) in [5.41, 5.74) is 1.21. The zero-order chi connectivity index (χ0) is 9.52. The second kappa shape index (κ2) is 5.68. The largest absolute Gasteiger partial charge is 0.245 e.